The highest BCUT2D eigenvalue weighted by molar-refractivity contribution is 6.30. The Morgan fingerprint density at radius 3 is 2.68 bits per heavy atom. The molecule has 0 aliphatic carbocycles. The van der Waals surface area contributed by atoms with Gasteiger partial charge in [-0.05, 0) is 43.5 Å². The summed E-state index contributed by atoms with van der Waals surface area (Å²) in [4.78, 5) is 25.1. The fourth-order valence-corrected chi connectivity index (χ4v) is 2.96. The van der Waals surface area contributed by atoms with Crippen LogP contribution >= 0.6 is 11.6 Å². The van der Waals surface area contributed by atoms with Crippen molar-refractivity contribution in [2.24, 2.45) is 0 Å². The first-order valence-electron chi connectivity index (χ1n) is 7.53. The van der Waals surface area contributed by atoms with Crippen LogP contribution in [-0.2, 0) is 9.59 Å². The van der Waals surface area contributed by atoms with Crippen LogP contribution in [0.4, 0.5) is 0 Å². The summed E-state index contributed by atoms with van der Waals surface area (Å²) in [6.45, 7) is 2.78. The first-order valence-corrected chi connectivity index (χ1v) is 7.90. The van der Waals surface area contributed by atoms with E-state index in [9.17, 15) is 9.59 Å². The molecule has 2 atom stereocenters. The molecule has 0 unspecified atom stereocenters. The third-order valence-electron chi connectivity index (χ3n) is 4.01. The van der Waals surface area contributed by atoms with Crippen molar-refractivity contribution in [3.63, 3.8) is 0 Å². The van der Waals surface area contributed by atoms with Crippen molar-refractivity contribution in [1.82, 2.24) is 10.2 Å². The molecule has 0 aromatic heterocycles. The van der Waals surface area contributed by atoms with E-state index < -0.39 is 12.0 Å². The lowest BCUT2D eigenvalue weighted by Crippen LogP contribution is -2.43. The van der Waals surface area contributed by atoms with Crippen molar-refractivity contribution >= 4 is 23.5 Å². The van der Waals surface area contributed by atoms with E-state index in [0.29, 0.717) is 18.0 Å². The highest BCUT2D eigenvalue weighted by Gasteiger charge is 2.31. The number of carboxylic acids is 1. The molecule has 22 heavy (non-hydrogen) atoms. The van der Waals surface area contributed by atoms with Crippen LogP contribution < -0.4 is 5.32 Å². The lowest BCUT2D eigenvalue weighted by atomic mass is 10.0. The minimum atomic E-state index is -0.852. The van der Waals surface area contributed by atoms with E-state index in [1.165, 1.54) is 0 Å². The number of aliphatic carboxylic acids is 1. The summed E-state index contributed by atoms with van der Waals surface area (Å²) in [5.41, 5.74) is 0.997. The molecule has 1 amide bonds. The standard InChI is InChI=1S/C16H21ClN2O3/c1-2-13(11-5-7-12(17)8-6-11)18-15(20)10-19-9-3-4-14(19)16(21)22/h5-8,13-14H,2-4,9-10H2,1H3,(H,18,20)(H,21,22)/t13-,14+/m1/s1. The number of nitrogens with one attached hydrogen (secondary N) is 1. The predicted octanol–water partition coefficient (Wildman–Crippen LogP) is 2.46. The summed E-state index contributed by atoms with van der Waals surface area (Å²) in [6, 6.07) is 6.76. The van der Waals surface area contributed by atoms with Crippen LogP contribution in [0.2, 0.25) is 5.02 Å². The molecule has 1 aliphatic rings. The maximum atomic E-state index is 12.2. The zero-order valence-corrected chi connectivity index (χ0v) is 13.3. The molecular weight excluding hydrogens is 304 g/mol. The maximum absolute atomic E-state index is 12.2. The minimum absolute atomic E-state index is 0.0874. The Morgan fingerprint density at radius 1 is 1.41 bits per heavy atom. The number of likely N-dealkylation sites (tertiary alicyclic amines) is 1. The number of carboxylic acid groups (broad SMARTS) is 1. The van der Waals surface area contributed by atoms with Gasteiger partial charge in [-0.25, -0.2) is 0 Å². The van der Waals surface area contributed by atoms with Gasteiger partial charge in [0.1, 0.15) is 6.04 Å². The van der Waals surface area contributed by atoms with Gasteiger partial charge in [0.2, 0.25) is 5.91 Å². The van der Waals surface area contributed by atoms with Crippen LogP contribution in [0.25, 0.3) is 0 Å². The SMILES string of the molecule is CC[C@@H](NC(=O)CN1CCC[C@H]1C(=O)O)c1ccc(Cl)cc1. The molecule has 0 radical (unpaired) electrons. The maximum Gasteiger partial charge on any atom is 0.320 e. The molecule has 0 saturated carbocycles. The second-order valence-electron chi connectivity index (χ2n) is 5.55. The number of carbonyl (C=O) groups is 2. The largest absolute Gasteiger partial charge is 0.480 e. The summed E-state index contributed by atoms with van der Waals surface area (Å²) in [6.07, 6.45) is 2.19. The van der Waals surface area contributed by atoms with Crippen molar-refractivity contribution in [3.05, 3.63) is 34.9 Å². The van der Waals surface area contributed by atoms with Crippen molar-refractivity contribution in [1.29, 1.82) is 0 Å². The Bertz CT molecular complexity index is 533. The van der Waals surface area contributed by atoms with E-state index in [0.717, 1.165) is 18.4 Å². The van der Waals surface area contributed by atoms with Gasteiger partial charge >= 0.3 is 5.97 Å². The first kappa shape index (κ1) is 16.8. The van der Waals surface area contributed by atoms with E-state index in [-0.39, 0.29) is 18.5 Å². The summed E-state index contributed by atoms with van der Waals surface area (Å²) >= 11 is 5.87. The van der Waals surface area contributed by atoms with E-state index in [1.54, 1.807) is 17.0 Å². The molecule has 2 rings (SSSR count). The van der Waals surface area contributed by atoms with Crippen LogP contribution in [-0.4, -0.2) is 41.0 Å². The number of halogens is 1. The molecule has 1 aromatic rings. The van der Waals surface area contributed by atoms with E-state index in [2.05, 4.69) is 5.32 Å². The smallest absolute Gasteiger partial charge is 0.320 e. The van der Waals surface area contributed by atoms with Gasteiger partial charge in [-0.3, -0.25) is 14.5 Å². The van der Waals surface area contributed by atoms with Gasteiger partial charge < -0.3 is 10.4 Å². The Hall–Kier alpha value is -1.59. The monoisotopic (exact) mass is 324 g/mol. The number of amides is 1. The molecular formula is C16H21ClN2O3. The van der Waals surface area contributed by atoms with Gasteiger partial charge in [0.15, 0.2) is 0 Å². The Balaban J connectivity index is 1.95. The van der Waals surface area contributed by atoms with Crippen LogP contribution in [0.3, 0.4) is 0 Å². The number of carbonyl (C=O) groups excluding carboxylic acids is 1. The van der Waals surface area contributed by atoms with Gasteiger partial charge in [-0.1, -0.05) is 30.7 Å². The van der Waals surface area contributed by atoms with Crippen LogP contribution in [0, 0.1) is 0 Å². The molecule has 0 bridgehead atoms. The third-order valence-corrected chi connectivity index (χ3v) is 4.26. The average Bonchev–Trinajstić information content (AvgIpc) is 2.94. The van der Waals surface area contributed by atoms with Crippen molar-refractivity contribution in [2.45, 2.75) is 38.3 Å². The molecule has 1 aliphatic heterocycles. The molecule has 5 nitrogen and oxygen atoms in total. The molecule has 120 valence electrons. The quantitative estimate of drug-likeness (QED) is 0.843. The molecule has 2 N–H and O–H groups in total. The van der Waals surface area contributed by atoms with Gasteiger partial charge in [0, 0.05) is 5.02 Å². The third kappa shape index (κ3) is 4.21. The summed E-state index contributed by atoms with van der Waals surface area (Å²) in [5, 5.41) is 12.8. The van der Waals surface area contributed by atoms with Gasteiger partial charge in [-0.15, -0.1) is 0 Å². The van der Waals surface area contributed by atoms with Crippen LogP contribution in [0.5, 0.6) is 0 Å². The van der Waals surface area contributed by atoms with Crippen LogP contribution in [0.1, 0.15) is 37.8 Å². The van der Waals surface area contributed by atoms with Crippen LogP contribution in [0.15, 0.2) is 24.3 Å². The number of hydrogen-bond acceptors (Lipinski definition) is 3. The summed E-state index contributed by atoms with van der Waals surface area (Å²) in [7, 11) is 0. The molecule has 1 saturated heterocycles. The normalized spacial score (nSPS) is 19.8. The fourth-order valence-electron chi connectivity index (χ4n) is 2.84. The highest BCUT2D eigenvalue weighted by atomic mass is 35.5. The van der Waals surface area contributed by atoms with Gasteiger partial charge in [0.05, 0.1) is 12.6 Å². The Kier molecular flexibility index (Phi) is 5.80. The predicted molar refractivity (Wildman–Crippen MR) is 84.9 cm³/mol. The average molecular weight is 325 g/mol. The number of nitrogens with zero attached hydrogens (tertiary/aromatic N) is 1. The molecule has 1 fully saturated rings. The first-order chi connectivity index (χ1) is 10.5. The van der Waals surface area contributed by atoms with Gasteiger partial charge in [-0.2, -0.15) is 0 Å². The van der Waals surface area contributed by atoms with E-state index in [4.69, 9.17) is 16.7 Å². The van der Waals surface area contributed by atoms with Crippen molar-refractivity contribution in [3.8, 4) is 0 Å². The number of benzene rings is 1. The summed E-state index contributed by atoms with van der Waals surface area (Å²) in [5.74, 6) is -0.995. The zero-order chi connectivity index (χ0) is 16.1. The zero-order valence-electron chi connectivity index (χ0n) is 12.6. The Morgan fingerprint density at radius 2 is 2.09 bits per heavy atom. The molecule has 0 spiro atoms. The van der Waals surface area contributed by atoms with E-state index in [1.807, 2.05) is 19.1 Å². The Labute approximate surface area is 135 Å². The van der Waals surface area contributed by atoms with Crippen molar-refractivity contribution < 1.29 is 14.7 Å². The topological polar surface area (TPSA) is 69.6 Å². The molecule has 1 aromatic carbocycles. The second-order valence-corrected chi connectivity index (χ2v) is 5.98. The van der Waals surface area contributed by atoms with Gasteiger partial charge in [0.25, 0.3) is 0 Å². The van der Waals surface area contributed by atoms with E-state index >= 15 is 0 Å². The van der Waals surface area contributed by atoms with Crippen molar-refractivity contribution in [2.75, 3.05) is 13.1 Å². The lowest BCUT2D eigenvalue weighted by molar-refractivity contribution is -0.142. The molecule has 1 heterocycles. The highest BCUT2D eigenvalue weighted by Crippen LogP contribution is 2.20. The second kappa shape index (κ2) is 7.61. The summed E-state index contributed by atoms with van der Waals surface area (Å²) < 4.78 is 0. The fraction of sp³-hybridized carbons (Fsp3) is 0.500. The number of hydrogen-bond donors (Lipinski definition) is 2. The lowest BCUT2D eigenvalue weighted by Gasteiger charge is -2.23. The molecule has 6 heteroatoms. The number of rotatable bonds is 6. The minimum Gasteiger partial charge on any atom is -0.480 e.